The first-order valence-electron chi connectivity index (χ1n) is 8.29. The molecule has 1 heterocycles. The fourth-order valence-corrected chi connectivity index (χ4v) is 6.47. The van der Waals surface area contributed by atoms with E-state index in [-0.39, 0.29) is 9.90 Å². The van der Waals surface area contributed by atoms with Gasteiger partial charge in [-0.3, -0.25) is 0 Å². The zero-order valence-corrected chi connectivity index (χ0v) is 16.7. The van der Waals surface area contributed by atoms with Gasteiger partial charge in [-0.2, -0.15) is 0 Å². The van der Waals surface area contributed by atoms with Crippen LogP contribution in [-0.2, 0) is 4.08 Å². The van der Waals surface area contributed by atoms with Gasteiger partial charge in [-0.1, -0.05) is 18.2 Å². The van der Waals surface area contributed by atoms with Gasteiger partial charge >= 0.3 is 0 Å². The number of hydrogen-bond acceptors (Lipinski definition) is 3. The van der Waals surface area contributed by atoms with Crippen LogP contribution in [0.25, 0.3) is 0 Å². The summed E-state index contributed by atoms with van der Waals surface area (Å²) in [5, 5.41) is 0. The maximum Gasteiger partial charge on any atom is 0.123 e. The standard InChI is InChI=1S/C20H23FN2S2/c1-14-11-19(22-13-23(3)4)15(2)10-18(14)20(24-8-9-25-20)16-6-5-7-17(21)12-16/h5-7,10-13H,8-9H2,1-4H3/b22-13-. The summed E-state index contributed by atoms with van der Waals surface area (Å²) >= 11 is 3.80. The van der Waals surface area contributed by atoms with Crippen molar-refractivity contribution in [2.75, 3.05) is 25.6 Å². The molecule has 0 bridgehead atoms. The fourth-order valence-electron chi connectivity index (χ4n) is 3.06. The second kappa shape index (κ2) is 7.42. The zero-order valence-electron chi connectivity index (χ0n) is 15.0. The molecule has 5 heteroatoms. The highest BCUT2D eigenvalue weighted by atomic mass is 32.2. The molecule has 0 saturated carbocycles. The van der Waals surface area contributed by atoms with Gasteiger partial charge in [0.15, 0.2) is 0 Å². The summed E-state index contributed by atoms with van der Waals surface area (Å²) in [5.74, 6) is 1.96. The summed E-state index contributed by atoms with van der Waals surface area (Å²) in [5.41, 5.74) is 5.61. The molecular formula is C20H23FN2S2. The van der Waals surface area contributed by atoms with E-state index in [0.717, 1.165) is 28.3 Å². The monoisotopic (exact) mass is 374 g/mol. The molecule has 1 aliphatic heterocycles. The molecule has 2 aromatic rings. The Hall–Kier alpha value is -1.46. The summed E-state index contributed by atoms with van der Waals surface area (Å²) in [6, 6.07) is 11.4. The molecule has 0 unspecified atom stereocenters. The molecule has 0 radical (unpaired) electrons. The average molecular weight is 375 g/mol. The molecule has 0 aliphatic carbocycles. The minimum absolute atomic E-state index is 0.174. The number of aryl methyl sites for hydroxylation is 2. The molecule has 132 valence electrons. The summed E-state index contributed by atoms with van der Waals surface area (Å²) in [7, 11) is 3.93. The van der Waals surface area contributed by atoms with Crippen LogP contribution >= 0.6 is 23.5 Å². The van der Waals surface area contributed by atoms with E-state index in [1.54, 1.807) is 6.07 Å². The van der Waals surface area contributed by atoms with Crippen LogP contribution in [0.4, 0.5) is 10.1 Å². The molecule has 0 spiro atoms. The molecule has 3 rings (SSSR count). The molecule has 0 N–H and O–H groups in total. The molecular weight excluding hydrogens is 351 g/mol. The first kappa shape index (κ1) is 18.3. The van der Waals surface area contributed by atoms with Crippen LogP contribution in [-0.4, -0.2) is 36.8 Å². The minimum atomic E-state index is -0.235. The molecule has 1 saturated heterocycles. The Balaban J connectivity index is 2.10. The van der Waals surface area contributed by atoms with E-state index in [0.29, 0.717) is 0 Å². The first-order valence-corrected chi connectivity index (χ1v) is 10.3. The van der Waals surface area contributed by atoms with Crippen LogP contribution in [0.2, 0.25) is 0 Å². The SMILES string of the molecule is Cc1cc(C2(c3cccc(F)c3)SCCS2)c(C)cc1/N=C\N(C)C. The van der Waals surface area contributed by atoms with Gasteiger partial charge in [0.25, 0.3) is 0 Å². The van der Waals surface area contributed by atoms with Crippen LogP contribution in [0, 0.1) is 19.7 Å². The highest BCUT2D eigenvalue weighted by Crippen LogP contribution is 2.57. The average Bonchev–Trinajstić information content (AvgIpc) is 3.06. The first-order chi connectivity index (χ1) is 11.9. The number of halogens is 1. The van der Waals surface area contributed by atoms with Crippen molar-refractivity contribution in [1.82, 2.24) is 4.90 Å². The number of nitrogens with zero attached hydrogens (tertiary/aromatic N) is 2. The van der Waals surface area contributed by atoms with Crippen molar-refractivity contribution in [3.8, 4) is 0 Å². The van der Waals surface area contributed by atoms with Gasteiger partial charge in [-0.25, -0.2) is 9.38 Å². The van der Waals surface area contributed by atoms with Crippen molar-refractivity contribution in [2.24, 2.45) is 4.99 Å². The molecule has 25 heavy (non-hydrogen) atoms. The van der Waals surface area contributed by atoms with E-state index in [1.807, 2.05) is 61.0 Å². The molecule has 0 atom stereocenters. The largest absolute Gasteiger partial charge is 0.369 e. The van der Waals surface area contributed by atoms with Crippen molar-refractivity contribution in [3.63, 3.8) is 0 Å². The fraction of sp³-hybridized carbons (Fsp3) is 0.350. The minimum Gasteiger partial charge on any atom is -0.369 e. The predicted molar refractivity (Wildman–Crippen MR) is 110 cm³/mol. The van der Waals surface area contributed by atoms with Crippen LogP contribution < -0.4 is 0 Å². The van der Waals surface area contributed by atoms with E-state index in [2.05, 4.69) is 31.0 Å². The zero-order chi connectivity index (χ0) is 18.0. The van der Waals surface area contributed by atoms with E-state index in [1.165, 1.54) is 17.2 Å². The van der Waals surface area contributed by atoms with Gasteiger partial charge in [-0.15, -0.1) is 23.5 Å². The molecule has 2 nitrogen and oxygen atoms in total. The number of benzene rings is 2. The lowest BCUT2D eigenvalue weighted by molar-refractivity contribution is 0.625. The number of thioether (sulfide) groups is 2. The second-order valence-electron chi connectivity index (χ2n) is 6.49. The molecule has 0 amide bonds. The third-order valence-corrected chi connectivity index (χ3v) is 7.73. The Morgan fingerprint density at radius 2 is 1.80 bits per heavy atom. The van der Waals surface area contributed by atoms with Gasteiger partial charge in [0.2, 0.25) is 0 Å². The Morgan fingerprint density at radius 1 is 1.08 bits per heavy atom. The van der Waals surface area contributed by atoms with Crippen LogP contribution in [0.5, 0.6) is 0 Å². The van der Waals surface area contributed by atoms with Crippen molar-refractivity contribution in [2.45, 2.75) is 17.9 Å². The van der Waals surface area contributed by atoms with Crippen LogP contribution in [0.3, 0.4) is 0 Å². The highest BCUT2D eigenvalue weighted by Gasteiger charge is 2.40. The molecule has 2 aromatic carbocycles. The van der Waals surface area contributed by atoms with Gasteiger partial charge < -0.3 is 4.90 Å². The van der Waals surface area contributed by atoms with Crippen LogP contribution in [0.15, 0.2) is 41.4 Å². The van der Waals surface area contributed by atoms with Gasteiger partial charge in [0, 0.05) is 25.6 Å². The summed E-state index contributed by atoms with van der Waals surface area (Å²) in [6.07, 6.45) is 1.82. The van der Waals surface area contributed by atoms with Crippen molar-refractivity contribution < 1.29 is 4.39 Å². The Morgan fingerprint density at radius 3 is 2.44 bits per heavy atom. The van der Waals surface area contributed by atoms with Gasteiger partial charge in [0.1, 0.15) is 9.90 Å². The van der Waals surface area contributed by atoms with Gasteiger partial charge in [0.05, 0.1) is 12.0 Å². The van der Waals surface area contributed by atoms with Crippen molar-refractivity contribution in [1.29, 1.82) is 0 Å². The Kier molecular flexibility index (Phi) is 5.44. The number of hydrogen-bond donors (Lipinski definition) is 0. The van der Waals surface area contributed by atoms with Crippen molar-refractivity contribution >= 4 is 35.5 Å². The maximum atomic E-state index is 13.9. The predicted octanol–water partition coefficient (Wildman–Crippen LogP) is 5.35. The smallest absolute Gasteiger partial charge is 0.123 e. The third-order valence-electron chi connectivity index (χ3n) is 4.22. The Labute approximate surface area is 157 Å². The lowest BCUT2D eigenvalue weighted by Crippen LogP contribution is -2.18. The third kappa shape index (κ3) is 3.72. The van der Waals surface area contributed by atoms with Crippen molar-refractivity contribution in [3.05, 3.63) is 64.5 Å². The van der Waals surface area contributed by atoms with E-state index in [4.69, 9.17) is 0 Å². The number of rotatable bonds is 4. The van der Waals surface area contributed by atoms with E-state index < -0.39 is 0 Å². The van der Waals surface area contributed by atoms with E-state index >= 15 is 0 Å². The second-order valence-corrected chi connectivity index (χ2v) is 9.36. The number of aliphatic imine (C=N–C) groups is 1. The lowest BCUT2D eigenvalue weighted by atomic mass is 9.96. The molecule has 1 aliphatic rings. The molecule has 0 aromatic heterocycles. The summed E-state index contributed by atoms with van der Waals surface area (Å²) in [4.78, 5) is 6.50. The molecule has 1 fully saturated rings. The van der Waals surface area contributed by atoms with Gasteiger partial charge in [-0.05, 0) is 54.3 Å². The lowest BCUT2D eigenvalue weighted by Gasteiger charge is -2.31. The van der Waals surface area contributed by atoms with Crippen LogP contribution in [0.1, 0.15) is 22.3 Å². The topological polar surface area (TPSA) is 15.6 Å². The quantitative estimate of drug-likeness (QED) is 0.530. The normalized spacial score (nSPS) is 16.5. The van der Waals surface area contributed by atoms with E-state index in [9.17, 15) is 4.39 Å². The maximum absolute atomic E-state index is 13.9. The summed E-state index contributed by atoms with van der Waals surface area (Å²) in [6.45, 7) is 4.22. The highest BCUT2D eigenvalue weighted by molar-refractivity contribution is 8.20. The summed E-state index contributed by atoms with van der Waals surface area (Å²) < 4.78 is 13.6. The Bertz CT molecular complexity index is 796.